The van der Waals surface area contributed by atoms with Crippen molar-refractivity contribution in [1.29, 1.82) is 0 Å². The number of amides is 1. The van der Waals surface area contributed by atoms with Crippen LogP contribution in [0.25, 0.3) is 0 Å². The summed E-state index contributed by atoms with van der Waals surface area (Å²) in [4.78, 5) is 23.1. The Hall–Kier alpha value is -2.73. The summed E-state index contributed by atoms with van der Waals surface area (Å²) in [5.74, 6) is -0.815. The Kier molecular flexibility index (Phi) is 4.85. The lowest BCUT2D eigenvalue weighted by Gasteiger charge is -2.16. The van der Waals surface area contributed by atoms with Gasteiger partial charge in [-0.3, -0.25) is 14.8 Å². The summed E-state index contributed by atoms with van der Waals surface area (Å²) >= 11 is 0. The number of rotatable bonds is 5. The third-order valence-corrected chi connectivity index (χ3v) is 3.05. The molecular weight excluding hydrogens is 289 g/mol. The highest BCUT2D eigenvalue weighted by Crippen LogP contribution is 2.18. The van der Waals surface area contributed by atoms with Gasteiger partial charge in [0.05, 0.1) is 19.2 Å². The summed E-state index contributed by atoms with van der Waals surface area (Å²) in [5, 5.41) is 10.3. The number of ether oxygens (including phenoxy) is 1. The van der Waals surface area contributed by atoms with Crippen LogP contribution in [0.1, 0.15) is 21.5 Å². The van der Waals surface area contributed by atoms with Crippen LogP contribution in [0.3, 0.4) is 0 Å². The Labute approximate surface area is 126 Å². The van der Waals surface area contributed by atoms with Crippen LogP contribution in [0.2, 0.25) is 0 Å². The molecule has 2 rings (SSSR count). The molecule has 0 saturated heterocycles. The maximum absolute atomic E-state index is 12.8. The van der Waals surface area contributed by atoms with E-state index in [1.54, 1.807) is 6.29 Å². The van der Waals surface area contributed by atoms with Crippen molar-refractivity contribution in [1.82, 2.24) is 5.06 Å². The van der Waals surface area contributed by atoms with Crippen molar-refractivity contribution in [2.75, 3.05) is 7.11 Å². The van der Waals surface area contributed by atoms with E-state index in [1.807, 2.05) is 0 Å². The second-order valence-corrected chi connectivity index (χ2v) is 4.50. The molecule has 1 radical (unpaired) electrons. The van der Waals surface area contributed by atoms with Crippen LogP contribution >= 0.6 is 0 Å². The molecule has 2 aromatic rings. The van der Waals surface area contributed by atoms with Gasteiger partial charge in [-0.2, -0.15) is 0 Å². The molecule has 0 aliphatic rings. The number of carbonyl (C=O) groups excluding carboxylic acids is 2. The van der Waals surface area contributed by atoms with E-state index in [0.717, 1.165) is 0 Å². The molecule has 0 aliphatic heterocycles. The highest BCUT2D eigenvalue weighted by molar-refractivity contribution is 6.01. The van der Waals surface area contributed by atoms with E-state index < -0.39 is 11.7 Å². The molecule has 22 heavy (non-hydrogen) atoms. The molecule has 0 atom stereocenters. The van der Waals surface area contributed by atoms with Crippen molar-refractivity contribution in [3.05, 3.63) is 65.0 Å². The van der Waals surface area contributed by atoms with E-state index in [4.69, 9.17) is 4.74 Å². The van der Waals surface area contributed by atoms with E-state index in [2.05, 4.69) is 0 Å². The van der Waals surface area contributed by atoms with Crippen molar-refractivity contribution in [3.8, 4) is 5.75 Å². The first-order chi connectivity index (χ1) is 10.5. The Balaban J connectivity index is 2.22. The van der Waals surface area contributed by atoms with Gasteiger partial charge in [0.25, 0.3) is 5.91 Å². The zero-order valence-electron chi connectivity index (χ0n) is 11.7. The van der Waals surface area contributed by atoms with Crippen molar-refractivity contribution in [3.63, 3.8) is 0 Å². The molecule has 0 bridgehead atoms. The number of hydrogen-bond acceptors (Lipinski definition) is 4. The molecule has 1 N–H and O–H groups in total. The van der Waals surface area contributed by atoms with Crippen LogP contribution in [-0.4, -0.2) is 29.6 Å². The van der Waals surface area contributed by atoms with Gasteiger partial charge in [0.15, 0.2) is 0 Å². The number of methoxy groups -OCH3 is 1. The predicted octanol–water partition coefficient (Wildman–Crippen LogP) is 2.32. The average molecular weight is 302 g/mol. The summed E-state index contributed by atoms with van der Waals surface area (Å²) < 4.78 is 17.8. The summed E-state index contributed by atoms with van der Waals surface area (Å²) in [6.07, 6.45) is 1.64. The van der Waals surface area contributed by atoms with Crippen molar-refractivity contribution >= 4 is 12.2 Å². The minimum absolute atomic E-state index is 0.0176. The van der Waals surface area contributed by atoms with Crippen LogP contribution in [0, 0.1) is 5.82 Å². The van der Waals surface area contributed by atoms with E-state index in [1.165, 1.54) is 49.6 Å². The van der Waals surface area contributed by atoms with Gasteiger partial charge in [-0.05, 0) is 35.9 Å². The van der Waals surface area contributed by atoms with Gasteiger partial charge < -0.3 is 4.74 Å². The Morgan fingerprint density at radius 1 is 1.27 bits per heavy atom. The monoisotopic (exact) mass is 302 g/mol. The minimum atomic E-state index is -0.776. The Morgan fingerprint density at radius 2 is 1.95 bits per heavy atom. The van der Waals surface area contributed by atoms with Crippen LogP contribution in [-0.2, 0) is 11.3 Å². The fraction of sp³-hybridized carbons (Fsp3) is 0.125. The first-order valence-corrected chi connectivity index (χ1v) is 6.36. The van der Waals surface area contributed by atoms with E-state index in [0.29, 0.717) is 16.4 Å². The van der Waals surface area contributed by atoms with Gasteiger partial charge in [-0.15, -0.1) is 0 Å². The molecule has 0 saturated carbocycles. The number of hydrogen-bond donors (Lipinski definition) is 1. The Bertz CT molecular complexity index is 685. The topological polar surface area (TPSA) is 66.8 Å². The van der Waals surface area contributed by atoms with Gasteiger partial charge in [0.1, 0.15) is 11.6 Å². The largest absolute Gasteiger partial charge is 0.497 e. The average Bonchev–Trinajstić information content (AvgIpc) is 2.55. The molecule has 0 heterocycles. The lowest BCUT2D eigenvalue weighted by molar-refractivity contribution is -0.0648. The zero-order chi connectivity index (χ0) is 16.1. The zero-order valence-corrected chi connectivity index (χ0v) is 11.7. The number of hydroxylamine groups is 2. The SMILES string of the molecule is COc1ccc([C]=O)c(C(=O)N(O)Cc2ccc(F)cc2)c1. The molecule has 0 unspecified atom stereocenters. The first kappa shape index (κ1) is 15.7. The molecule has 113 valence electrons. The van der Waals surface area contributed by atoms with Crippen LogP contribution in [0.15, 0.2) is 42.5 Å². The van der Waals surface area contributed by atoms with Crippen LogP contribution < -0.4 is 4.74 Å². The van der Waals surface area contributed by atoms with E-state index >= 15 is 0 Å². The highest BCUT2D eigenvalue weighted by atomic mass is 19.1. The van der Waals surface area contributed by atoms with E-state index in [-0.39, 0.29) is 17.7 Å². The van der Waals surface area contributed by atoms with Gasteiger partial charge in [-0.25, -0.2) is 9.45 Å². The van der Waals surface area contributed by atoms with Gasteiger partial charge in [0, 0.05) is 5.56 Å². The quantitative estimate of drug-likeness (QED) is 0.680. The molecule has 6 heteroatoms. The fourth-order valence-corrected chi connectivity index (χ4v) is 1.89. The summed E-state index contributed by atoms with van der Waals surface area (Å²) in [7, 11) is 1.42. The second-order valence-electron chi connectivity index (χ2n) is 4.50. The predicted molar refractivity (Wildman–Crippen MR) is 75.8 cm³/mol. The molecule has 2 aromatic carbocycles. The number of carbonyl (C=O) groups is 1. The van der Waals surface area contributed by atoms with Crippen molar-refractivity contribution in [2.24, 2.45) is 0 Å². The summed E-state index contributed by atoms with van der Waals surface area (Å²) in [6.45, 7) is -0.144. The maximum atomic E-state index is 12.8. The van der Waals surface area contributed by atoms with Gasteiger partial charge in [0.2, 0.25) is 6.29 Å². The standard InChI is InChI=1S/C16H13FNO4/c1-22-14-7-4-12(10-19)15(8-14)16(20)18(21)9-11-2-5-13(17)6-3-11/h2-8,21H,9H2,1H3. The third kappa shape index (κ3) is 3.48. The summed E-state index contributed by atoms with van der Waals surface area (Å²) in [6, 6.07) is 9.59. The molecule has 1 amide bonds. The van der Waals surface area contributed by atoms with Gasteiger partial charge >= 0.3 is 0 Å². The molecule has 0 aliphatic carbocycles. The molecule has 0 spiro atoms. The van der Waals surface area contributed by atoms with E-state index in [9.17, 15) is 19.2 Å². The summed E-state index contributed by atoms with van der Waals surface area (Å²) in [5.41, 5.74) is 0.527. The number of nitrogens with zero attached hydrogens (tertiary/aromatic N) is 1. The lowest BCUT2D eigenvalue weighted by atomic mass is 10.1. The van der Waals surface area contributed by atoms with Crippen LogP contribution in [0.4, 0.5) is 4.39 Å². The van der Waals surface area contributed by atoms with Crippen LogP contribution in [0.5, 0.6) is 5.75 Å². The third-order valence-electron chi connectivity index (χ3n) is 3.05. The Morgan fingerprint density at radius 3 is 2.55 bits per heavy atom. The second kappa shape index (κ2) is 6.82. The first-order valence-electron chi connectivity index (χ1n) is 6.36. The molecule has 5 nitrogen and oxygen atoms in total. The molecular formula is C16H13FNO4. The fourth-order valence-electron chi connectivity index (χ4n) is 1.89. The number of benzene rings is 2. The molecule has 0 aromatic heterocycles. The van der Waals surface area contributed by atoms with Crippen molar-refractivity contribution < 1.29 is 23.9 Å². The smallest absolute Gasteiger partial charge is 0.278 e. The highest BCUT2D eigenvalue weighted by Gasteiger charge is 2.19. The normalized spacial score (nSPS) is 10.1. The maximum Gasteiger partial charge on any atom is 0.278 e. The molecule has 0 fully saturated rings. The van der Waals surface area contributed by atoms with Crippen molar-refractivity contribution in [2.45, 2.75) is 6.54 Å². The number of halogens is 1. The van der Waals surface area contributed by atoms with Gasteiger partial charge in [-0.1, -0.05) is 12.1 Å². The minimum Gasteiger partial charge on any atom is -0.497 e. The lowest BCUT2D eigenvalue weighted by Crippen LogP contribution is -2.27.